The summed E-state index contributed by atoms with van der Waals surface area (Å²) in [7, 11) is 0. The molecule has 140 valence electrons. The number of aliphatic imine (C=N–C) groups is 1. The molecule has 0 saturated carbocycles. The molecule has 0 aromatic heterocycles. The molecule has 1 saturated heterocycles. The number of nitrogens with zero attached hydrogens (tertiary/aromatic N) is 3. The number of morpholine rings is 1. The lowest BCUT2D eigenvalue weighted by atomic mass is 10.2. The van der Waals surface area contributed by atoms with Crippen LogP contribution >= 0.6 is 24.0 Å². The summed E-state index contributed by atoms with van der Waals surface area (Å²) in [6, 6.07) is 6.48. The number of guanidine groups is 1. The van der Waals surface area contributed by atoms with Crippen molar-refractivity contribution in [2.45, 2.75) is 13.5 Å². The highest BCUT2D eigenvalue weighted by atomic mass is 127. The minimum absolute atomic E-state index is 0. The monoisotopic (exact) mass is 463 g/mol. The summed E-state index contributed by atoms with van der Waals surface area (Å²) < 4.78 is 5.34. The second-order valence-corrected chi connectivity index (χ2v) is 5.50. The van der Waals surface area contributed by atoms with Crippen LogP contribution < -0.4 is 10.6 Å². The predicted octanol–water partition coefficient (Wildman–Crippen LogP) is 1.60. The summed E-state index contributed by atoms with van der Waals surface area (Å²) in [4.78, 5) is 17.1. The Hall–Kier alpha value is -1.46. The van der Waals surface area contributed by atoms with E-state index in [1.807, 2.05) is 6.92 Å². The topological polar surface area (TPSA) is 92.0 Å². The van der Waals surface area contributed by atoms with Crippen molar-refractivity contribution in [1.82, 2.24) is 15.5 Å². The third-order valence-electron chi connectivity index (χ3n) is 3.74. The molecule has 8 nitrogen and oxygen atoms in total. The summed E-state index contributed by atoms with van der Waals surface area (Å²) in [5.41, 5.74) is 1.03. The summed E-state index contributed by atoms with van der Waals surface area (Å²) in [5.74, 6) is 0.754. The largest absolute Gasteiger partial charge is 0.379 e. The van der Waals surface area contributed by atoms with Gasteiger partial charge < -0.3 is 15.4 Å². The Bertz CT molecular complexity index is 547. The van der Waals surface area contributed by atoms with Gasteiger partial charge in [0.1, 0.15) is 0 Å². The highest BCUT2D eigenvalue weighted by molar-refractivity contribution is 14.0. The van der Waals surface area contributed by atoms with Crippen molar-refractivity contribution in [2.24, 2.45) is 4.99 Å². The van der Waals surface area contributed by atoms with E-state index in [1.165, 1.54) is 12.1 Å². The van der Waals surface area contributed by atoms with Crippen LogP contribution in [-0.4, -0.2) is 61.7 Å². The van der Waals surface area contributed by atoms with Gasteiger partial charge in [-0.1, -0.05) is 12.1 Å². The van der Waals surface area contributed by atoms with Gasteiger partial charge in [-0.05, 0) is 12.5 Å². The molecule has 2 N–H and O–H groups in total. The van der Waals surface area contributed by atoms with Gasteiger partial charge in [0.05, 0.1) is 24.7 Å². The number of rotatable bonds is 7. The number of benzene rings is 1. The van der Waals surface area contributed by atoms with Gasteiger partial charge in [0.25, 0.3) is 5.69 Å². The van der Waals surface area contributed by atoms with Crippen LogP contribution in [0.1, 0.15) is 12.5 Å². The number of halogens is 1. The van der Waals surface area contributed by atoms with Gasteiger partial charge in [0.15, 0.2) is 5.96 Å². The van der Waals surface area contributed by atoms with Crippen LogP contribution in [0, 0.1) is 10.1 Å². The summed E-state index contributed by atoms with van der Waals surface area (Å²) in [5, 5.41) is 17.2. The Morgan fingerprint density at radius 1 is 1.28 bits per heavy atom. The zero-order valence-corrected chi connectivity index (χ0v) is 16.8. The number of nitro groups is 1. The lowest BCUT2D eigenvalue weighted by Gasteiger charge is -2.26. The molecule has 0 radical (unpaired) electrons. The molecular weight excluding hydrogens is 437 g/mol. The van der Waals surface area contributed by atoms with Crippen molar-refractivity contribution in [3.05, 3.63) is 39.9 Å². The Kier molecular flexibility index (Phi) is 10.3. The van der Waals surface area contributed by atoms with E-state index in [4.69, 9.17) is 4.74 Å². The normalized spacial score (nSPS) is 15.3. The Morgan fingerprint density at radius 3 is 2.56 bits per heavy atom. The molecule has 0 amide bonds. The molecule has 1 fully saturated rings. The molecule has 25 heavy (non-hydrogen) atoms. The molecule has 0 aliphatic carbocycles. The van der Waals surface area contributed by atoms with Gasteiger partial charge in [0, 0.05) is 44.9 Å². The van der Waals surface area contributed by atoms with Crippen molar-refractivity contribution in [3.8, 4) is 0 Å². The van der Waals surface area contributed by atoms with E-state index in [0.29, 0.717) is 6.54 Å². The average Bonchev–Trinajstić information content (AvgIpc) is 2.61. The van der Waals surface area contributed by atoms with Gasteiger partial charge >= 0.3 is 0 Å². The van der Waals surface area contributed by atoms with E-state index in [2.05, 4.69) is 20.5 Å². The molecule has 1 heterocycles. The third-order valence-corrected chi connectivity index (χ3v) is 3.74. The van der Waals surface area contributed by atoms with E-state index < -0.39 is 4.92 Å². The molecule has 9 heteroatoms. The van der Waals surface area contributed by atoms with Gasteiger partial charge in [-0.3, -0.25) is 15.0 Å². The van der Waals surface area contributed by atoms with E-state index in [-0.39, 0.29) is 29.7 Å². The number of hydrogen-bond donors (Lipinski definition) is 2. The molecule has 0 atom stereocenters. The van der Waals surface area contributed by atoms with Crippen LogP contribution in [-0.2, 0) is 11.3 Å². The summed E-state index contributed by atoms with van der Waals surface area (Å²) in [6.45, 7) is 8.58. The quantitative estimate of drug-likeness (QED) is 0.210. The van der Waals surface area contributed by atoms with Gasteiger partial charge in [-0.2, -0.15) is 0 Å². The average molecular weight is 463 g/mol. The molecule has 1 aliphatic rings. The molecule has 0 spiro atoms. The Balaban J connectivity index is 0.00000312. The molecule has 1 aromatic carbocycles. The van der Waals surface area contributed by atoms with E-state index in [9.17, 15) is 10.1 Å². The maximum atomic E-state index is 10.7. The standard InChI is InChI=1S/C16H25N5O3.HI/c1-2-17-16(18-7-8-20-9-11-24-12-10-20)19-13-14-3-5-15(6-4-14)21(22)23;/h3-6H,2,7-13H2,1H3,(H2,17,18,19);1H. The van der Waals surface area contributed by atoms with Gasteiger partial charge in [-0.25, -0.2) is 4.99 Å². The first-order valence-electron chi connectivity index (χ1n) is 8.24. The number of nitro benzene ring substituents is 1. The second kappa shape index (κ2) is 12.0. The van der Waals surface area contributed by atoms with E-state index in [0.717, 1.165) is 57.5 Å². The second-order valence-electron chi connectivity index (χ2n) is 5.50. The van der Waals surface area contributed by atoms with Crippen LogP contribution in [0.4, 0.5) is 5.69 Å². The fraction of sp³-hybridized carbons (Fsp3) is 0.562. The summed E-state index contributed by atoms with van der Waals surface area (Å²) >= 11 is 0. The number of nitrogens with one attached hydrogen (secondary N) is 2. The predicted molar refractivity (Wildman–Crippen MR) is 109 cm³/mol. The van der Waals surface area contributed by atoms with Crippen molar-refractivity contribution >= 4 is 35.6 Å². The first-order valence-corrected chi connectivity index (χ1v) is 8.24. The van der Waals surface area contributed by atoms with Crippen molar-refractivity contribution in [3.63, 3.8) is 0 Å². The van der Waals surface area contributed by atoms with E-state index in [1.54, 1.807) is 12.1 Å². The van der Waals surface area contributed by atoms with Crippen LogP contribution in [0.5, 0.6) is 0 Å². The third kappa shape index (κ3) is 7.97. The molecule has 1 aliphatic heterocycles. The zero-order chi connectivity index (χ0) is 17.2. The highest BCUT2D eigenvalue weighted by Gasteiger charge is 2.09. The van der Waals surface area contributed by atoms with Crippen molar-refractivity contribution < 1.29 is 9.66 Å². The highest BCUT2D eigenvalue weighted by Crippen LogP contribution is 2.12. The van der Waals surface area contributed by atoms with Crippen LogP contribution in [0.2, 0.25) is 0 Å². The van der Waals surface area contributed by atoms with Gasteiger partial charge in [0.2, 0.25) is 0 Å². The Labute approximate surface area is 165 Å². The molecular formula is C16H26IN5O3. The lowest BCUT2D eigenvalue weighted by Crippen LogP contribution is -2.44. The first-order chi connectivity index (χ1) is 11.7. The van der Waals surface area contributed by atoms with Gasteiger partial charge in [-0.15, -0.1) is 24.0 Å². The molecule has 0 bridgehead atoms. The van der Waals surface area contributed by atoms with E-state index >= 15 is 0 Å². The Morgan fingerprint density at radius 2 is 1.96 bits per heavy atom. The number of ether oxygens (including phenoxy) is 1. The SMILES string of the molecule is CCNC(=NCc1ccc([N+](=O)[O-])cc1)NCCN1CCOCC1.I. The molecule has 0 unspecified atom stereocenters. The van der Waals surface area contributed by atoms with Crippen LogP contribution in [0.3, 0.4) is 0 Å². The van der Waals surface area contributed by atoms with Crippen LogP contribution in [0.15, 0.2) is 29.3 Å². The number of non-ortho nitro benzene ring substituents is 1. The fourth-order valence-electron chi connectivity index (χ4n) is 2.39. The zero-order valence-electron chi connectivity index (χ0n) is 14.4. The summed E-state index contributed by atoms with van der Waals surface area (Å²) in [6.07, 6.45) is 0. The van der Waals surface area contributed by atoms with Crippen LogP contribution in [0.25, 0.3) is 0 Å². The molecule has 1 aromatic rings. The number of hydrogen-bond acceptors (Lipinski definition) is 5. The smallest absolute Gasteiger partial charge is 0.269 e. The maximum absolute atomic E-state index is 10.7. The fourth-order valence-corrected chi connectivity index (χ4v) is 2.39. The minimum Gasteiger partial charge on any atom is -0.379 e. The molecule has 2 rings (SSSR count). The first kappa shape index (κ1) is 21.6. The maximum Gasteiger partial charge on any atom is 0.269 e. The minimum atomic E-state index is -0.399. The lowest BCUT2D eigenvalue weighted by molar-refractivity contribution is -0.384. The van der Waals surface area contributed by atoms with Crippen molar-refractivity contribution in [1.29, 1.82) is 0 Å². The van der Waals surface area contributed by atoms with Crippen molar-refractivity contribution in [2.75, 3.05) is 45.9 Å².